The van der Waals surface area contributed by atoms with Gasteiger partial charge in [-0.2, -0.15) is 0 Å². The molecule has 1 saturated heterocycles. The van der Waals surface area contributed by atoms with Crippen LogP contribution < -0.4 is 0 Å². The van der Waals surface area contributed by atoms with Crippen LogP contribution in [0.2, 0.25) is 0 Å². The smallest absolute Gasteiger partial charge is 0.325 e. The third-order valence-electron chi connectivity index (χ3n) is 4.26. The van der Waals surface area contributed by atoms with Gasteiger partial charge in [-0.1, -0.05) is 36.8 Å². The first-order valence-corrected chi connectivity index (χ1v) is 7.80. The van der Waals surface area contributed by atoms with Gasteiger partial charge in [0.1, 0.15) is 6.04 Å². The zero-order valence-electron chi connectivity index (χ0n) is 13.2. The molecule has 2 unspecified atom stereocenters. The van der Waals surface area contributed by atoms with Crippen LogP contribution >= 0.6 is 0 Å². The van der Waals surface area contributed by atoms with E-state index in [9.17, 15) is 9.90 Å². The largest absolute Gasteiger partial charge is 0.480 e. The van der Waals surface area contributed by atoms with Crippen LogP contribution in [0.3, 0.4) is 0 Å². The van der Waals surface area contributed by atoms with Gasteiger partial charge in [0.15, 0.2) is 0 Å². The predicted octanol–water partition coefficient (Wildman–Crippen LogP) is 2.54. The van der Waals surface area contributed by atoms with Crippen molar-refractivity contribution in [2.24, 2.45) is 0 Å². The van der Waals surface area contributed by atoms with Crippen molar-refractivity contribution in [2.45, 2.75) is 39.3 Å². The second-order valence-corrected chi connectivity index (χ2v) is 6.04. The van der Waals surface area contributed by atoms with E-state index in [1.165, 1.54) is 0 Å². The van der Waals surface area contributed by atoms with Crippen molar-refractivity contribution in [3.8, 4) is 0 Å². The molecule has 0 spiro atoms. The number of piperazine rings is 1. The highest BCUT2D eigenvalue weighted by atomic mass is 16.4. The molecule has 2 rings (SSSR count). The lowest BCUT2D eigenvalue weighted by Crippen LogP contribution is -2.54. The van der Waals surface area contributed by atoms with Gasteiger partial charge in [0.25, 0.3) is 0 Å². The Hall–Kier alpha value is -1.39. The maximum atomic E-state index is 11.8. The van der Waals surface area contributed by atoms with Crippen molar-refractivity contribution in [3.63, 3.8) is 0 Å². The summed E-state index contributed by atoms with van der Waals surface area (Å²) in [5.74, 6) is -0.755. The Morgan fingerprint density at radius 2 is 2.00 bits per heavy atom. The molecular weight excluding hydrogens is 264 g/mol. The van der Waals surface area contributed by atoms with Crippen LogP contribution in [0.15, 0.2) is 24.3 Å². The second kappa shape index (κ2) is 7.05. The molecule has 2 atom stereocenters. The molecular formula is C17H26N2O2. The fourth-order valence-electron chi connectivity index (χ4n) is 3.17. The van der Waals surface area contributed by atoms with Crippen LogP contribution in [-0.2, 0) is 4.79 Å². The van der Waals surface area contributed by atoms with E-state index in [-0.39, 0.29) is 6.04 Å². The lowest BCUT2D eigenvalue weighted by Gasteiger charge is -2.42. The van der Waals surface area contributed by atoms with E-state index in [0.717, 1.165) is 43.7 Å². The number of carbonyl (C=O) groups is 1. The summed E-state index contributed by atoms with van der Waals surface area (Å²) in [6.07, 6.45) is 1.15. The van der Waals surface area contributed by atoms with Crippen molar-refractivity contribution in [1.29, 1.82) is 0 Å². The van der Waals surface area contributed by atoms with Gasteiger partial charge in [0, 0.05) is 25.7 Å². The lowest BCUT2D eigenvalue weighted by atomic mass is 10.0. The van der Waals surface area contributed by atoms with E-state index >= 15 is 0 Å². The summed E-state index contributed by atoms with van der Waals surface area (Å²) in [5, 5.41) is 9.68. The molecule has 116 valence electrons. The summed E-state index contributed by atoms with van der Waals surface area (Å²) < 4.78 is 0. The standard InChI is InChI=1S/C17H26N2O2/c1-4-9-18-10-11-19(14(3)12-18)16(17(20)21)15-7-5-13(2)6-8-15/h5-8,14,16H,4,9-12H2,1-3H3,(H,20,21). The fraction of sp³-hybridized carbons (Fsp3) is 0.588. The van der Waals surface area contributed by atoms with Crippen molar-refractivity contribution >= 4 is 5.97 Å². The second-order valence-electron chi connectivity index (χ2n) is 6.04. The number of benzene rings is 1. The van der Waals surface area contributed by atoms with E-state index in [1.807, 2.05) is 31.2 Å². The normalized spacial score (nSPS) is 22.1. The number of carboxylic acid groups (broad SMARTS) is 1. The molecule has 1 aromatic carbocycles. The Bertz CT molecular complexity index is 472. The monoisotopic (exact) mass is 290 g/mol. The number of carboxylic acids is 1. The van der Waals surface area contributed by atoms with E-state index in [4.69, 9.17) is 0 Å². The maximum Gasteiger partial charge on any atom is 0.325 e. The summed E-state index contributed by atoms with van der Waals surface area (Å²) in [6, 6.07) is 7.59. The summed E-state index contributed by atoms with van der Waals surface area (Å²) in [6.45, 7) is 10.1. The molecule has 1 heterocycles. The Labute approximate surface area is 127 Å². The molecule has 0 radical (unpaired) electrons. The SMILES string of the molecule is CCCN1CCN(C(C(=O)O)c2ccc(C)cc2)C(C)C1. The molecule has 0 bridgehead atoms. The average molecular weight is 290 g/mol. The first-order valence-electron chi connectivity index (χ1n) is 7.80. The summed E-state index contributed by atoms with van der Waals surface area (Å²) >= 11 is 0. The zero-order chi connectivity index (χ0) is 15.4. The highest BCUT2D eigenvalue weighted by Gasteiger charge is 2.34. The van der Waals surface area contributed by atoms with Gasteiger partial charge in [-0.3, -0.25) is 9.69 Å². The minimum absolute atomic E-state index is 0.257. The molecule has 1 fully saturated rings. The van der Waals surface area contributed by atoms with E-state index in [0.29, 0.717) is 0 Å². The lowest BCUT2D eigenvalue weighted by molar-refractivity contribution is -0.145. The van der Waals surface area contributed by atoms with Gasteiger partial charge < -0.3 is 10.0 Å². The number of hydrogen-bond donors (Lipinski definition) is 1. The van der Waals surface area contributed by atoms with Crippen LogP contribution in [0.5, 0.6) is 0 Å². The molecule has 0 aliphatic carbocycles. The number of aliphatic carboxylic acids is 1. The molecule has 1 aliphatic rings. The Kier molecular flexibility index (Phi) is 5.37. The predicted molar refractivity (Wildman–Crippen MR) is 84.5 cm³/mol. The topological polar surface area (TPSA) is 43.8 Å². The summed E-state index contributed by atoms with van der Waals surface area (Å²) in [7, 11) is 0. The van der Waals surface area contributed by atoms with Gasteiger partial charge in [0.05, 0.1) is 0 Å². The van der Waals surface area contributed by atoms with Crippen molar-refractivity contribution < 1.29 is 9.90 Å². The van der Waals surface area contributed by atoms with Gasteiger partial charge >= 0.3 is 5.97 Å². The van der Waals surface area contributed by atoms with Crippen LogP contribution in [-0.4, -0.2) is 53.1 Å². The van der Waals surface area contributed by atoms with Crippen LogP contribution in [0, 0.1) is 6.92 Å². The van der Waals surface area contributed by atoms with Gasteiger partial charge in [-0.25, -0.2) is 0 Å². The van der Waals surface area contributed by atoms with Crippen LogP contribution in [0.1, 0.15) is 37.4 Å². The number of hydrogen-bond acceptors (Lipinski definition) is 3. The molecule has 0 saturated carbocycles. The summed E-state index contributed by atoms with van der Waals surface area (Å²) in [4.78, 5) is 16.3. The van der Waals surface area contributed by atoms with Gasteiger partial charge in [-0.15, -0.1) is 0 Å². The van der Waals surface area contributed by atoms with E-state index in [2.05, 4.69) is 23.6 Å². The highest BCUT2D eigenvalue weighted by molar-refractivity contribution is 5.75. The Morgan fingerprint density at radius 1 is 1.33 bits per heavy atom. The number of nitrogens with zero attached hydrogens (tertiary/aromatic N) is 2. The van der Waals surface area contributed by atoms with E-state index < -0.39 is 12.0 Å². The Balaban J connectivity index is 2.16. The third-order valence-corrected chi connectivity index (χ3v) is 4.26. The van der Waals surface area contributed by atoms with Crippen LogP contribution in [0.4, 0.5) is 0 Å². The minimum atomic E-state index is -0.755. The highest BCUT2D eigenvalue weighted by Crippen LogP contribution is 2.26. The van der Waals surface area contributed by atoms with Crippen LogP contribution in [0.25, 0.3) is 0 Å². The third kappa shape index (κ3) is 3.83. The molecule has 1 aromatic rings. The first kappa shape index (κ1) is 16.0. The molecule has 0 aromatic heterocycles. The van der Waals surface area contributed by atoms with E-state index in [1.54, 1.807) is 0 Å². The number of rotatable bonds is 5. The average Bonchev–Trinajstić information content (AvgIpc) is 2.43. The van der Waals surface area contributed by atoms with Crippen molar-refractivity contribution in [3.05, 3.63) is 35.4 Å². The molecule has 0 amide bonds. The van der Waals surface area contributed by atoms with Crippen molar-refractivity contribution in [2.75, 3.05) is 26.2 Å². The minimum Gasteiger partial charge on any atom is -0.480 e. The molecule has 1 N–H and O–H groups in total. The zero-order valence-corrected chi connectivity index (χ0v) is 13.2. The molecule has 21 heavy (non-hydrogen) atoms. The number of aryl methyl sites for hydroxylation is 1. The maximum absolute atomic E-state index is 11.8. The summed E-state index contributed by atoms with van der Waals surface area (Å²) in [5.41, 5.74) is 2.03. The van der Waals surface area contributed by atoms with Crippen molar-refractivity contribution in [1.82, 2.24) is 9.80 Å². The molecule has 1 aliphatic heterocycles. The quantitative estimate of drug-likeness (QED) is 0.905. The molecule has 4 heteroatoms. The fourth-order valence-corrected chi connectivity index (χ4v) is 3.17. The first-order chi connectivity index (χ1) is 10.0. The van der Waals surface area contributed by atoms with Gasteiger partial charge in [-0.05, 0) is 32.4 Å². The Morgan fingerprint density at radius 3 is 2.52 bits per heavy atom. The molecule has 4 nitrogen and oxygen atoms in total. The van der Waals surface area contributed by atoms with Gasteiger partial charge in [0.2, 0.25) is 0 Å².